The minimum atomic E-state index is -1.06. The van der Waals surface area contributed by atoms with Crippen LogP contribution in [0.25, 0.3) is 0 Å². The van der Waals surface area contributed by atoms with Crippen molar-refractivity contribution in [1.82, 2.24) is 0 Å². The Morgan fingerprint density at radius 1 is 1.56 bits per heavy atom. The van der Waals surface area contributed by atoms with E-state index in [1.807, 2.05) is 0 Å². The Hall–Kier alpha value is -0.390. The van der Waals surface area contributed by atoms with Gasteiger partial charge in [-0.25, -0.2) is 0 Å². The highest BCUT2D eigenvalue weighted by atomic mass is 79.9. The predicted molar refractivity (Wildman–Crippen MR) is 67.4 cm³/mol. The standard InChI is InChI=1S/C10H10BrClO3S/c1-10(2,9(14)15)4-6(13)7-3-5(11)8(12)16-7/h3H,4H2,1-2H3,(H,14,15). The molecule has 0 atom stereocenters. The highest BCUT2D eigenvalue weighted by Crippen LogP contribution is 2.34. The summed E-state index contributed by atoms with van der Waals surface area (Å²) in [5, 5.41) is 8.91. The van der Waals surface area contributed by atoms with E-state index in [4.69, 9.17) is 16.7 Å². The molecule has 1 rings (SSSR count). The van der Waals surface area contributed by atoms with Crippen LogP contribution in [0.15, 0.2) is 10.5 Å². The van der Waals surface area contributed by atoms with Crippen molar-refractivity contribution in [2.45, 2.75) is 20.3 Å². The number of ketones is 1. The lowest BCUT2D eigenvalue weighted by molar-refractivity contribution is -0.146. The molecule has 0 aliphatic carbocycles. The number of hydrogen-bond donors (Lipinski definition) is 1. The zero-order valence-electron chi connectivity index (χ0n) is 8.71. The first-order valence-corrected chi connectivity index (χ1v) is 6.44. The number of carbonyl (C=O) groups excluding carboxylic acids is 1. The van der Waals surface area contributed by atoms with E-state index in [0.29, 0.717) is 13.7 Å². The zero-order valence-corrected chi connectivity index (χ0v) is 11.9. The molecule has 1 N–H and O–H groups in total. The molecule has 16 heavy (non-hydrogen) atoms. The van der Waals surface area contributed by atoms with Crippen LogP contribution in [-0.4, -0.2) is 16.9 Å². The first-order valence-electron chi connectivity index (χ1n) is 4.45. The fraction of sp³-hybridized carbons (Fsp3) is 0.400. The van der Waals surface area contributed by atoms with Crippen molar-refractivity contribution in [3.8, 4) is 0 Å². The molecule has 0 aliphatic rings. The molecule has 0 radical (unpaired) electrons. The van der Waals surface area contributed by atoms with Crippen molar-refractivity contribution in [1.29, 1.82) is 0 Å². The maximum atomic E-state index is 11.8. The van der Waals surface area contributed by atoms with Gasteiger partial charge in [0.15, 0.2) is 5.78 Å². The van der Waals surface area contributed by atoms with Crippen LogP contribution in [0.2, 0.25) is 4.34 Å². The fourth-order valence-electron chi connectivity index (χ4n) is 1.05. The number of carboxylic acid groups (broad SMARTS) is 1. The summed E-state index contributed by atoms with van der Waals surface area (Å²) < 4.78 is 1.16. The van der Waals surface area contributed by atoms with E-state index in [9.17, 15) is 9.59 Å². The van der Waals surface area contributed by atoms with Crippen LogP contribution in [0.1, 0.15) is 29.9 Å². The summed E-state index contributed by atoms with van der Waals surface area (Å²) >= 11 is 10.2. The number of hydrogen-bond acceptors (Lipinski definition) is 3. The number of rotatable bonds is 4. The summed E-state index contributed by atoms with van der Waals surface area (Å²) in [5.74, 6) is -1.19. The SMILES string of the molecule is CC(C)(CC(=O)c1cc(Br)c(Cl)s1)C(=O)O. The van der Waals surface area contributed by atoms with E-state index in [1.54, 1.807) is 6.07 Å². The third-order valence-electron chi connectivity index (χ3n) is 2.10. The molecule has 1 aromatic rings. The Kier molecular flexibility index (Phi) is 4.15. The van der Waals surface area contributed by atoms with Crippen LogP contribution >= 0.6 is 38.9 Å². The van der Waals surface area contributed by atoms with Gasteiger partial charge < -0.3 is 5.11 Å². The maximum Gasteiger partial charge on any atom is 0.309 e. The second-order valence-electron chi connectivity index (χ2n) is 4.02. The fourth-order valence-corrected chi connectivity index (χ4v) is 2.69. The molecular weight excluding hydrogens is 316 g/mol. The van der Waals surface area contributed by atoms with Crippen LogP contribution < -0.4 is 0 Å². The summed E-state index contributed by atoms with van der Waals surface area (Å²) in [6.07, 6.45) is -0.0361. The van der Waals surface area contributed by atoms with E-state index in [-0.39, 0.29) is 12.2 Å². The van der Waals surface area contributed by atoms with E-state index in [1.165, 1.54) is 13.8 Å². The smallest absolute Gasteiger partial charge is 0.309 e. The van der Waals surface area contributed by atoms with E-state index in [2.05, 4.69) is 15.9 Å². The molecular formula is C10H10BrClO3S. The molecule has 3 nitrogen and oxygen atoms in total. The number of thiophene rings is 1. The van der Waals surface area contributed by atoms with Crippen molar-refractivity contribution in [2.75, 3.05) is 0 Å². The van der Waals surface area contributed by atoms with Crippen molar-refractivity contribution in [2.24, 2.45) is 5.41 Å². The molecule has 0 fully saturated rings. The van der Waals surface area contributed by atoms with Gasteiger partial charge in [0.25, 0.3) is 0 Å². The highest BCUT2D eigenvalue weighted by Gasteiger charge is 2.31. The molecule has 0 aliphatic heterocycles. The second kappa shape index (κ2) is 4.85. The largest absolute Gasteiger partial charge is 0.481 e. The number of carbonyl (C=O) groups is 2. The molecule has 0 bridgehead atoms. The average molecular weight is 326 g/mol. The first-order chi connectivity index (χ1) is 7.24. The molecule has 0 aromatic carbocycles. The van der Waals surface area contributed by atoms with Crippen molar-refractivity contribution in [3.05, 3.63) is 19.8 Å². The third-order valence-corrected chi connectivity index (χ3v) is 4.62. The normalized spacial score (nSPS) is 11.5. The molecule has 88 valence electrons. The van der Waals surface area contributed by atoms with E-state index < -0.39 is 11.4 Å². The Bertz CT molecular complexity index is 420. The monoisotopic (exact) mass is 324 g/mol. The minimum absolute atomic E-state index is 0.0361. The van der Waals surface area contributed by atoms with Gasteiger partial charge in [0.2, 0.25) is 0 Å². The van der Waals surface area contributed by atoms with Crippen LogP contribution in [-0.2, 0) is 4.79 Å². The summed E-state index contributed by atoms with van der Waals surface area (Å²) in [7, 11) is 0. The third kappa shape index (κ3) is 3.06. The zero-order chi connectivity index (χ0) is 12.5. The van der Waals surface area contributed by atoms with Crippen molar-refractivity contribution < 1.29 is 14.7 Å². The van der Waals surface area contributed by atoms with E-state index in [0.717, 1.165) is 11.3 Å². The van der Waals surface area contributed by atoms with Crippen LogP contribution in [0.3, 0.4) is 0 Å². The number of carboxylic acids is 1. The lowest BCUT2D eigenvalue weighted by Gasteiger charge is -2.16. The van der Waals surface area contributed by atoms with Gasteiger partial charge in [0.1, 0.15) is 4.34 Å². The van der Waals surface area contributed by atoms with Gasteiger partial charge in [-0.2, -0.15) is 0 Å². The number of Topliss-reactive ketones (excluding diaryl/α,β-unsaturated/α-hetero) is 1. The summed E-state index contributed by atoms with van der Waals surface area (Å²) in [5.41, 5.74) is -1.06. The van der Waals surface area contributed by atoms with Gasteiger partial charge in [-0.3, -0.25) is 9.59 Å². The lowest BCUT2D eigenvalue weighted by atomic mass is 9.87. The quantitative estimate of drug-likeness (QED) is 0.856. The molecule has 1 aromatic heterocycles. The Morgan fingerprint density at radius 3 is 2.50 bits per heavy atom. The van der Waals surface area contributed by atoms with Crippen LogP contribution in [0.4, 0.5) is 0 Å². The topological polar surface area (TPSA) is 54.4 Å². The summed E-state index contributed by atoms with van der Waals surface area (Å²) in [6.45, 7) is 3.05. The van der Waals surface area contributed by atoms with Crippen molar-refractivity contribution >= 4 is 50.6 Å². The summed E-state index contributed by atoms with van der Waals surface area (Å²) in [4.78, 5) is 23.2. The molecule has 6 heteroatoms. The maximum absolute atomic E-state index is 11.8. The molecule has 0 amide bonds. The molecule has 0 spiro atoms. The van der Waals surface area contributed by atoms with Gasteiger partial charge in [-0.15, -0.1) is 11.3 Å². The molecule has 1 heterocycles. The van der Waals surface area contributed by atoms with Gasteiger partial charge >= 0.3 is 5.97 Å². The van der Waals surface area contributed by atoms with Gasteiger partial charge in [-0.1, -0.05) is 11.6 Å². The van der Waals surface area contributed by atoms with Gasteiger partial charge in [0, 0.05) is 10.9 Å². The highest BCUT2D eigenvalue weighted by molar-refractivity contribution is 9.10. The number of halogens is 2. The second-order valence-corrected chi connectivity index (χ2v) is 6.53. The molecule has 0 unspecified atom stereocenters. The molecule has 0 saturated carbocycles. The van der Waals surface area contributed by atoms with Crippen LogP contribution in [0, 0.1) is 5.41 Å². The van der Waals surface area contributed by atoms with Crippen LogP contribution in [0.5, 0.6) is 0 Å². The van der Waals surface area contributed by atoms with E-state index >= 15 is 0 Å². The number of aliphatic carboxylic acids is 1. The Balaban J connectivity index is 2.84. The Morgan fingerprint density at radius 2 is 2.12 bits per heavy atom. The van der Waals surface area contributed by atoms with Gasteiger partial charge in [0.05, 0.1) is 10.3 Å². The lowest BCUT2D eigenvalue weighted by Crippen LogP contribution is -2.26. The summed E-state index contributed by atoms with van der Waals surface area (Å²) in [6, 6.07) is 1.62. The minimum Gasteiger partial charge on any atom is -0.481 e. The molecule has 0 saturated heterocycles. The average Bonchev–Trinajstić information content (AvgIpc) is 2.46. The Labute approximate surface area is 111 Å². The predicted octanol–water partition coefficient (Wildman–Crippen LogP) is 3.85. The van der Waals surface area contributed by atoms with Crippen molar-refractivity contribution in [3.63, 3.8) is 0 Å². The first kappa shape index (κ1) is 13.7. The van der Waals surface area contributed by atoms with Gasteiger partial charge in [-0.05, 0) is 35.8 Å².